The number of fused-ring (bicyclic) bond motifs is 1. The first-order valence-electron chi connectivity index (χ1n) is 12.4. The topological polar surface area (TPSA) is 141 Å². The van der Waals surface area contributed by atoms with Crippen molar-refractivity contribution in [3.8, 4) is 11.4 Å². The van der Waals surface area contributed by atoms with E-state index >= 15 is 0 Å². The molecule has 4 aromatic heterocycles. The zero-order valence-corrected chi connectivity index (χ0v) is 21.4. The molecule has 0 aromatic carbocycles. The summed E-state index contributed by atoms with van der Waals surface area (Å²) in [6.07, 6.45) is 9.80. The summed E-state index contributed by atoms with van der Waals surface area (Å²) in [7, 11) is -3.46. The van der Waals surface area contributed by atoms with Gasteiger partial charge in [0.25, 0.3) is 10.0 Å². The molecule has 1 saturated carbocycles. The van der Waals surface area contributed by atoms with Gasteiger partial charge in [-0.1, -0.05) is 6.92 Å². The standard InChI is InChI=1S/C24H27N9O3S/c1-3-15(2)33-19-11-21(26-13-18(19)24(30-33)31-10-4-5-22(31)34)28-20-8-9-25-23(29-20)16-12-27-32(14-16)37(35,36)17-6-7-17/h8-9,11-15,17H,3-7,10H2,1-2H3,(H,25,26,28,29). The Morgan fingerprint density at radius 3 is 2.76 bits per heavy atom. The van der Waals surface area contributed by atoms with Gasteiger partial charge in [-0.3, -0.25) is 14.4 Å². The van der Waals surface area contributed by atoms with Gasteiger partial charge in [0.1, 0.15) is 11.6 Å². The quantitative estimate of drug-likeness (QED) is 0.370. The summed E-state index contributed by atoms with van der Waals surface area (Å²) in [5.74, 6) is 2.15. The van der Waals surface area contributed by atoms with E-state index < -0.39 is 10.0 Å². The van der Waals surface area contributed by atoms with E-state index in [0.29, 0.717) is 54.6 Å². The Morgan fingerprint density at radius 2 is 2.03 bits per heavy atom. The van der Waals surface area contributed by atoms with Gasteiger partial charge in [-0.25, -0.2) is 23.4 Å². The van der Waals surface area contributed by atoms with Gasteiger partial charge in [0.05, 0.1) is 34.1 Å². The van der Waals surface area contributed by atoms with Crippen molar-refractivity contribution in [3.63, 3.8) is 0 Å². The van der Waals surface area contributed by atoms with E-state index in [1.165, 1.54) is 12.4 Å². The monoisotopic (exact) mass is 521 g/mol. The summed E-state index contributed by atoms with van der Waals surface area (Å²) in [4.78, 5) is 27.5. The SMILES string of the molecule is CCC(C)n1nc(N2CCCC2=O)c2cnc(Nc3ccnc(-c4cnn(S(=O)(=O)C5CC5)c4)n3)cc21. The van der Waals surface area contributed by atoms with Crippen LogP contribution < -0.4 is 10.2 Å². The number of anilines is 3. The maximum absolute atomic E-state index is 12.5. The largest absolute Gasteiger partial charge is 0.325 e. The average molecular weight is 522 g/mol. The van der Waals surface area contributed by atoms with Crippen molar-refractivity contribution in [2.24, 2.45) is 0 Å². The van der Waals surface area contributed by atoms with Gasteiger partial charge in [-0.2, -0.15) is 14.3 Å². The molecular formula is C24H27N9O3S. The van der Waals surface area contributed by atoms with E-state index in [2.05, 4.69) is 39.2 Å². The molecule has 1 N–H and O–H groups in total. The third-order valence-electron chi connectivity index (χ3n) is 6.85. The van der Waals surface area contributed by atoms with Crippen LogP contribution in [0.25, 0.3) is 22.3 Å². The van der Waals surface area contributed by atoms with Crippen molar-refractivity contribution < 1.29 is 13.2 Å². The first-order chi connectivity index (χ1) is 17.8. The molecule has 0 bridgehead atoms. The molecule has 0 radical (unpaired) electrons. The molecule has 37 heavy (non-hydrogen) atoms. The maximum Gasteiger partial charge on any atom is 0.256 e. The fourth-order valence-electron chi connectivity index (χ4n) is 4.44. The van der Waals surface area contributed by atoms with Crippen LogP contribution in [0.4, 0.5) is 17.5 Å². The molecule has 0 spiro atoms. The van der Waals surface area contributed by atoms with Gasteiger partial charge >= 0.3 is 0 Å². The summed E-state index contributed by atoms with van der Waals surface area (Å²) < 4.78 is 27.9. The van der Waals surface area contributed by atoms with Crippen LogP contribution in [-0.2, 0) is 14.8 Å². The Kier molecular flexibility index (Phi) is 5.66. The Bertz CT molecular complexity index is 1610. The number of amides is 1. The molecule has 13 heteroatoms. The first kappa shape index (κ1) is 23.5. The summed E-state index contributed by atoms with van der Waals surface area (Å²) in [6.45, 7) is 4.85. The molecule has 1 unspecified atom stereocenters. The molecule has 1 aliphatic carbocycles. The van der Waals surface area contributed by atoms with E-state index in [-0.39, 0.29) is 17.2 Å². The highest BCUT2D eigenvalue weighted by Crippen LogP contribution is 2.33. The summed E-state index contributed by atoms with van der Waals surface area (Å²) in [5, 5.41) is 12.5. The number of aromatic nitrogens is 7. The number of carbonyl (C=O) groups excluding carboxylic acids is 1. The molecule has 5 heterocycles. The second-order valence-electron chi connectivity index (χ2n) is 9.50. The highest BCUT2D eigenvalue weighted by atomic mass is 32.2. The molecule has 1 amide bonds. The lowest BCUT2D eigenvalue weighted by Crippen LogP contribution is -2.24. The molecule has 6 rings (SSSR count). The summed E-state index contributed by atoms with van der Waals surface area (Å²) in [6, 6.07) is 3.75. The van der Waals surface area contributed by atoms with E-state index in [0.717, 1.165) is 27.8 Å². The Labute approximate surface area is 213 Å². The second kappa shape index (κ2) is 8.91. The van der Waals surface area contributed by atoms with E-state index in [4.69, 9.17) is 5.10 Å². The van der Waals surface area contributed by atoms with Crippen LogP contribution in [-0.4, -0.2) is 60.0 Å². The van der Waals surface area contributed by atoms with Crippen LogP contribution in [0.1, 0.15) is 52.0 Å². The van der Waals surface area contributed by atoms with Crippen molar-refractivity contribution >= 4 is 44.3 Å². The minimum atomic E-state index is -3.46. The van der Waals surface area contributed by atoms with Gasteiger partial charge in [0.15, 0.2) is 11.6 Å². The number of hydrogen-bond donors (Lipinski definition) is 1. The molecule has 192 valence electrons. The second-order valence-corrected chi connectivity index (χ2v) is 11.6. The lowest BCUT2D eigenvalue weighted by atomic mass is 10.2. The van der Waals surface area contributed by atoms with Crippen LogP contribution >= 0.6 is 0 Å². The zero-order chi connectivity index (χ0) is 25.7. The Morgan fingerprint density at radius 1 is 1.19 bits per heavy atom. The Balaban J connectivity index is 1.31. The normalized spacial score (nSPS) is 17.0. The van der Waals surface area contributed by atoms with E-state index in [9.17, 15) is 13.2 Å². The van der Waals surface area contributed by atoms with Crippen molar-refractivity contribution in [1.29, 1.82) is 0 Å². The van der Waals surface area contributed by atoms with Crippen LogP contribution in [0.3, 0.4) is 0 Å². The van der Waals surface area contributed by atoms with Crippen LogP contribution in [0.15, 0.2) is 36.9 Å². The molecule has 4 aromatic rings. The molecule has 12 nitrogen and oxygen atoms in total. The predicted octanol–water partition coefficient (Wildman–Crippen LogP) is 3.27. The number of pyridine rings is 1. The molecule has 1 saturated heterocycles. The zero-order valence-electron chi connectivity index (χ0n) is 20.6. The van der Waals surface area contributed by atoms with Gasteiger partial charge in [-0.05, 0) is 38.7 Å². The van der Waals surface area contributed by atoms with Gasteiger partial charge < -0.3 is 5.32 Å². The average Bonchev–Trinajstić information content (AvgIpc) is 3.31. The number of nitrogens with one attached hydrogen (secondary N) is 1. The van der Waals surface area contributed by atoms with Gasteiger partial charge in [0.2, 0.25) is 5.91 Å². The summed E-state index contributed by atoms with van der Waals surface area (Å²) in [5.41, 5.74) is 1.38. The lowest BCUT2D eigenvalue weighted by molar-refractivity contribution is -0.117. The lowest BCUT2D eigenvalue weighted by Gasteiger charge is -2.13. The third-order valence-corrected chi connectivity index (χ3v) is 8.88. The molecule has 1 aliphatic heterocycles. The highest BCUT2D eigenvalue weighted by Gasteiger charge is 2.37. The number of rotatable bonds is 8. The maximum atomic E-state index is 12.5. The number of hydrogen-bond acceptors (Lipinski definition) is 9. The number of nitrogens with zero attached hydrogens (tertiary/aromatic N) is 8. The van der Waals surface area contributed by atoms with Crippen molar-refractivity contribution in [2.45, 2.75) is 57.2 Å². The minimum Gasteiger partial charge on any atom is -0.325 e. The highest BCUT2D eigenvalue weighted by molar-refractivity contribution is 7.90. The number of carbonyl (C=O) groups is 1. The predicted molar refractivity (Wildman–Crippen MR) is 138 cm³/mol. The molecule has 2 fully saturated rings. The van der Waals surface area contributed by atoms with Crippen molar-refractivity contribution in [2.75, 3.05) is 16.8 Å². The minimum absolute atomic E-state index is 0.0830. The van der Waals surface area contributed by atoms with E-state index in [1.54, 1.807) is 23.4 Å². The fourth-order valence-corrected chi connectivity index (χ4v) is 5.92. The van der Waals surface area contributed by atoms with E-state index in [1.807, 2.05) is 10.7 Å². The molecule has 2 aliphatic rings. The van der Waals surface area contributed by atoms with Crippen LogP contribution in [0.2, 0.25) is 0 Å². The molecule has 1 atom stereocenters. The summed E-state index contributed by atoms with van der Waals surface area (Å²) >= 11 is 0. The van der Waals surface area contributed by atoms with Crippen LogP contribution in [0.5, 0.6) is 0 Å². The first-order valence-corrected chi connectivity index (χ1v) is 13.9. The third kappa shape index (κ3) is 4.22. The fraction of sp³-hybridized carbons (Fsp3) is 0.417. The van der Waals surface area contributed by atoms with Crippen LogP contribution in [0, 0.1) is 0 Å². The molecular weight excluding hydrogens is 494 g/mol. The van der Waals surface area contributed by atoms with Crippen molar-refractivity contribution in [1.82, 2.24) is 33.9 Å². The Hall–Kier alpha value is -3.87. The van der Waals surface area contributed by atoms with Gasteiger partial charge in [-0.15, -0.1) is 0 Å². The van der Waals surface area contributed by atoms with Crippen molar-refractivity contribution in [3.05, 3.63) is 36.9 Å². The smallest absolute Gasteiger partial charge is 0.256 e. The van der Waals surface area contributed by atoms with Gasteiger partial charge in [0, 0.05) is 37.5 Å².